The molecule has 106 valence electrons. The molecule has 1 aromatic heterocycles. The van der Waals surface area contributed by atoms with Crippen molar-refractivity contribution in [2.24, 2.45) is 0 Å². The minimum Gasteiger partial charge on any atom is -0.318 e. The summed E-state index contributed by atoms with van der Waals surface area (Å²) in [4.78, 5) is 15.0. The molecule has 0 fully saturated rings. The third kappa shape index (κ3) is 2.90. The molecule has 0 aliphatic rings. The van der Waals surface area contributed by atoms with Crippen LogP contribution in [0.4, 0.5) is 0 Å². The van der Waals surface area contributed by atoms with E-state index in [4.69, 9.17) is 12.2 Å². The van der Waals surface area contributed by atoms with Crippen molar-refractivity contribution in [2.75, 3.05) is 0 Å². The van der Waals surface area contributed by atoms with Crippen molar-refractivity contribution >= 4 is 12.2 Å². The number of aromatic nitrogens is 2. The van der Waals surface area contributed by atoms with Gasteiger partial charge in [0, 0.05) is 12.1 Å². The lowest BCUT2D eigenvalue weighted by atomic mass is 10.0. The van der Waals surface area contributed by atoms with Gasteiger partial charge in [0.15, 0.2) is 4.77 Å². The summed E-state index contributed by atoms with van der Waals surface area (Å²) in [5.41, 5.74) is 2.76. The fourth-order valence-electron chi connectivity index (χ4n) is 2.40. The zero-order chi connectivity index (χ0) is 14.5. The minimum absolute atomic E-state index is 0.0656. The van der Waals surface area contributed by atoms with Crippen LogP contribution in [0, 0.1) is 4.77 Å². The Balaban J connectivity index is 2.73. The summed E-state index contributed by atoms with van der Waals surface area (Å²) in [7, 11) is 0. The lowest BCUT2D eigenvalue weighted by Gasteiger charge is -2.17. The number of rotatable bonds is 5. The van der Waals surface area contributed by atoms with E-state index < -0.39 is 0 Å². The Bertz CT molecular complexity index is 686. The maximum atomic E-state index is 12.2. The molecule has 0 unspecified atom stereocenters. The number of hydrogen-bond acceptors (Lipinski definition) is 2. The zero-order valence-corrected chi connectivity index (χ0v) is 12.8. The summed E-state index contributed by atoms with van der Waals surface area (Å²) in [5.74, 6) is 0. The quantitative estimate of drug-likeness (QED) is 0.846. The van der Waals surface area contributed by atoms with E-state index in [1.54, 1.807) is 0 Å². The molecule has 0 amide bonds. The van der Waals surface area contributed by atoms with Crippen LogP contribution >= 0.6 is 12.2 Å². The van der Waals surface area contributed by atoms with Gasteiger partial charge in [0.25, 0.3) is 5.56 Å². The molecule has 1 N–H and O–H groups in total. The predicted molar refractivity (Wildman–Crippen MR) is 85.6 cm³/mol. The van der Waals surface area contributed by atoms with Gasteiger partial charge in [0.1, 0.15) is 0 Å². The van der Waals surface area contributed by atoms with Crippen LogP contribution in [0.2, 0.25) is 0 Å². The highest BCUT2D eigenvalue weighted by molar-refractivity contribution is 7.71. The van der Waals surface area contributed by atoms with Crippen molar-refractivity contribution in [1.29, 1.82) is 0 Å². The molecular weight excluding hydrogens is 268 g/mol. The second kappa shape index (κ2) is 6.66. The molecule has 0 bridgehead atoms. The standard InChI is InChI=1S/C16H20N2OS/c1-3-5-11-18-14(12-9-7-6-8-10-12)13(4-2)15(19)17-16(18)20/h6-10H,3-5,11H2,1-2H3,(H,17,19,20). The molecule has 0 spiro atoms. The topological polar surface area (TPSA) is 37.8 Å². The van der Waals surface area contributed by atoms with Gasteiger partial charge < -0.3 is 4.57 Å². The van der Waals surface area contributed by atoms with E-state index in [1.165, 1.54) is 0 Å². The third-order valence-corrected chi connectivity index (χ3v) is 3.75. The van der Waals surface area contributed by atoms with E-state index in [2.05, 4.69) is 16.5 Å². The Morgan fingerprint density at radius 3 is 2.50 bits per heavy atom. The van der Waals surface area contributed by atoms with Gasteiger partial charge >= 0.3 is 0 Å². The van der Waals surface area contributed by atoms with E-state index in [1.807, 2.05) is 37.3 Å². The van der Waals surface area contributed by atoms with E-state index in [9.17, 15) is 4.79 Å². The lowest BCUT2D eigenvalue weighted by molar-refractivity contribution is 0.611. The summed E-state index contributed by atoms with van der Waals surface area (Å²) < 4.78 is 2.58. The van der Waals surface area contributed by atoms with E-state index in [-0.39, 0.29) is 5.56 Å². The van der Waals surface area contributed by atoms with Gasteiger partial charge in [-0.3, -0.25) is 9.78 Å². The molecule has 2 rings (SSSR count). The normalized spacial score (nSPS) is 10.7. The summed E-state index contributed by atoms with van der Waals surface area (Å²) >= 11 is 5.36. The van der Waals surface area contributed by atoms with E-state index in [0.717, 1.165) is 36.2 Å². The summed E-state index contributed by atoms with van der Waals surface area (Å²) in [6, 6.07) is 10.0. The highest BCUT2D eigenvalue weighted by Gasteiger charge is 2.13. The molecule has 3 nitrogen and oxygen atoms in total. The van der Waals surface area contributed by atoms with Crippen molar-refractivity contribution in [3.8, 4) is 11.3 Å². The van der Waals surface area contributed by atoms with Gasteiger partial charge in [-0.05, 0) is 30.6 Å². The van der Waals surface area contributed by atoms with Gasteiger partial charge in [0.2, 0.25) is 0 Å². The second-order valence-electron chi connectivity index (χ2n) is 4.81. The molecule has 0 atom stereocenters. The zero-order valence-electron chi connectivity index (χ0n) is 12.0. The van der Waals surface area contributed by atoms with Gasteiger partial charge in [0.05, 0.1) is 5.69 Å². The van der Waals surface area contributed by atoms with Gasteiger partial charge in [-0.25, -0.2) is 0 Å². The highest BCUT2D eigenvalue weighted by Crippen LogP contribution is 2.22. The Labute approximate surface area is 124 Å². The predicted octanol–water partition coefficient (Wildman–Crippen LogP) is 3.94. The highest BCUT2D eigenvalue weighted by atomic mass is 32.1. The van der Waals surface area contributed by atoms with E-state index >= 15 is 0 Å². The molecule has 0 aliphatic carbocycles. The Morgan fingerprint density at radius 2 is 1.90 bits per heavy atom. The molecule has 2 aromatic rings. The summed E-state index contributed by atoms with van der Waals surface area (Å²) in [5, 5.41) is 0. The summed E-state index contributed by atoms with van der Waals surface area (Å²) in [6.07, 6.45) is 2.83. The van der Waals surface area contributed by atoms with Crippen LogP contribution in [0.15, 0.2) is 35.1 Å². The molecule has 1 heterocycles. The van der Waals surface area contributed by atoms with E-state index in [0.29, 0.717) is 11.2 Å². The SMILES string of the molecule is CCCCn1c(-c2ccccc2)c(CC)c(=O)[nH]c1=S. The van der Waals surface area contributed by atoms with Crippen molar-refractivity contribution in [3.05, 3.63) is 51.0 Å². The fraction of sp³-hybridized carbons (Fsp3) is 0.375. The third-order valence-electron chi connectivity index (χ3n) is 3.43. The Morgan fingerprint density at radius 1 is 1.20 bits per heavy atom. The van der Waals surface area contributed by atoms with Gasteiger partial charge in [-0.15, -0.1) is 0 Å². The van der Waals surface area contributed by atoms with Crippen LogP contribution in [0.1, 0.15) is 32.3 Å². The Hall–Kier alpha value is -1.68. The first kappa shape index (κ1) is 14.7. The van der Waals surface area contributed by atoms with Crippen LogP contribution in [0.5, 0.6) is 0 Å². The monoisotopic (exact) mass is 288 g/mol. The van der Waals surface area contributed by atoms with Crippen LogP contribution in [0.3, 0.4) is 0 Å². The van der Waals surface area contributed by atoms with Crippen molar-refractivity contribution in [3.63, 3.8) is 0 Å². The van der Waals surface area contributed by atoms with Crippen LogP contribution < -0.4 is 5.56 Å². The maximum absolute atomic E-state index is 12.2. The average Bonchev–Trinajstić information content (AvgIpc) is 2.46. The fourth-order valence-corrected chi connectivity index (χ4v) is 2.67. The lowest BCUT2D eigenvalue weighted by Crippen LogP contribution is -2.21. The molecule has 0 radical (unpaired) electrons. The van der Waals surface area contributed by atoms with Gasteiger partial charge in [-0.2, -0.15) is 0 Å². The molecule has 0 saturated heterocycles. The largest absolute Gasteiger partial charge is 0.318 e. The van der Waals surface area contributed by atoms with Crippen LogP contribution in [-0.4, -0.2) is 9.55 Å². The van der Waals surface area contributed by atoms with Crippen LogP contribution in [0.25, 0.3) is 11.3 Å². The Kier molecular flexibility index (Phi) is 4.90. The number of hydrogen-bond donors (Lipinski definition) is 1. The molecule has 4 heteroatoms. The van der Waals surface area contributed by atoms with Crippen molar-refractivity contribution in [2.45, 2.75) is 39.7 Å². The van der Waals surface area contributed by atoms with Crippen molar-refractivity contribution < 1.29 is 0 Å². The first-order valence-corrected chi connectivity index (χ1v) is 7.51. The smallest absolute Gasteiger partial charge is 0.255 e. The summed E-state index contributed by atoms with van der Waals surface area (Å²) in [6.45, 7) is 4.99. The molecule has 0 aliphatic heterocycles. The number of H-pyrrole nitrogens is 1. The maximum Gasteiger partial charge on any atom is 0.255 e. The number of unbranched alkanes of at least 4 members (excludes halogenated alkanes) is 1. The van der Waals surface area contributed by atoms with Crippen molar-refractivity contribution in [1.82, 2.24) is 9.55 Å². The van der Waals surface area contributed by atoms with Gasteiger partial charge in [-0.1, -0.05) is 50.6 Å². The number of nitrogens with one attached hydrogen (secondary N) is 1. The molecule has 1 aromatic carbocycles. The molecule has 0 saturated carbocycles. The first-order valence-electron chi connectivity index (χ1n) is 7.10. The molecular formula is C16H20N2OS. The molecule has 20 heavy (non-hydrogen) atoms. The number of aromatic amines is 1. The number of benzene rings is 1. The number of nitrogens with zero attached hydrogens (tertiary/aromatic N) is 1. The second-order valence-corrected chi connectivity index (χ2v) is 5.20. The average molecular weight is 288 g/mol. The minimum atomic E-state index is -0.0656. The first-order chi connectivity index (χ1) is 9.69. The van der Waals surface area contributed by atoms with Crippen LogP contribution in [-0.2, 0) is 13.0 Å².